The van der Waals surface area contributed by atoms with Crippen molar-refractivity contribution in [3.05, 3.63) is 64.2 Å². The van der Waals surface area contributed by atoms with E-state index in [4.69, 9.17) is 11.6 Å². The summed E-state index contributed by atoms with van der Waals surface area (Å²) in [5.74, 6) is 0. The van der Waals surface area contributed by atoms with Crippen molar-refractivity contribution in [1.29, 1.82) is 0 Å². The van der Waals surface area contributed by atoms with E-state index in [1.54, 1.807) is 11.8 Å². The van der Waals surface area contributed by atoms with E-state index in [2.05, 4.69) is 10.2 Å². The minimum Gasteiger partial charge on any atom is -0.314 e. The standard InChI is InChI=1S/C19H20ClF3N2S/c1-26-15-5-2-13(3-6-15)18(25-10-8-24-9-11-25)16-12-14(19(21,22)23)4-7-17(16)20/h2-7,12,18,24H,8-11H2,1H3. The van der Waals surface area contributed by atoms with E-state index in [-0.39, 0.29) is 6.04 Å². The summed E-state index contributed by atoms with van der Waals surface area (Å²) < 4.78 is 39.7. The second-order valence-electron chi connectivity index (χ2n) is 6.20. The van der Waals surface area contributed by atoms with Gasteiger partial charge in [0.1, 0.15) is 0 Å². The summed E-state index contributed by atoms with van der Waals surface area (Å²) in [5, 5.41) is 3.64. The van der Waals surface area contributed by atoms with Crippen LogP contribution in [0.4, 0.5) is 13.2 Å². The number of nitrogens with one attached hydrogen (secondary N) is 1. The SMILES string of the molecule is CSc1ccc(C(c2cc(C(F)(F)F)ccc2Cl)N2CCNCC2)cc1. The van der Waals surface area contributed by atoms with E-state index in [1.807, 2.05) is 30.5 Å². The summed E-state index contributed by atoms with van der Waals surface area (Å²) in [5.41, 5.74) is 0.781. The van der Waals surface area contributed by atoms with Crippen LogP contribution in [0.5, 0.6) is 0 Å². The van der Waals surface area contributed by atoms with E-state index in [1.165, 1.54) is 12.1 Å². The van der Waals surface area contributed by atoms with Crippen molar-refractivity contribution >= 4 is 23.4 Å². The molecule has 0 aliphatic carbocycles. The Kier molecular flexibility index (Phi) is 6.17. The van der Waals surface area contributed by atoms with Crippen molar-refractivity contribution in [3.63, 3.8) is 0 Å². The zero-order valence-electron chi connectivity index (χ0n) is 14.3. The molecule has 2 aromatic carbocycles. The van der Waals surface area contributed by atoms with Crippen LogP contribution in [0.1, 0.15) is 22.7 Å². The average molecular weight is 401 g/mol. The first-order chi connectivity index (χ1) is 12.4. The monoisotopic (exact) mass is 400 g/mol. The maximum Gasteiger partial charge on any atom is 0.416 e. The van der Waals surface area contributed by atoms with Gasteiger partial charge >= 0.3 is 6.18 Å². The lowest BCUT2D eigenvalue weighted by atomic mass is 9.94. The van der Waals surface area contributed by atoms with Crippen LogP contribution >= 0.6 is 23.4 Å². The number of rotatable bonds is 4. The van der Waals surface area contributed by atoms with Gasteiger partial charge in [-0.05, 0) is 47.7 Å². The molecule has 7 heteroatoms. The third kappa shape index (κ3) is 4.36. The van der Waals surface area contributed by atoms with Crippen molar-refractivity contribution in [2.75, 3.05) is 32.4 Å². The highest BCUT2D eigenvalue weighted by Gasteiger charge is 2.33. The lowest BCUT2D eigenvalue weighted by Gasteiger charge is -2.36. The lowest BCUT2D eigenvalue weighted by Crippen LogP contribution is -2.45. The van der Waals surface area contributed by atoms with Gasteiger partial charge in [-0.1, -0.05) is 23.7 Å². The molecule has 1 saturated heterocycles. The van der Waals surface area contributed by atoms with Crippen LogP contribution < -0.4 is 5.32 Å². The molecule has 3 rings (SSSR count). The summed E-state index contributed by atoms with van der Waals surface area (Å²) in [6.45, 7) is 3.11. The first kappa shape index (κ1) is 19.5. The second-order valence-corrected chi connectivity index (χ2v) is 7.48. The second kappa shape index (κ2) is 8.21. The molecule has 0 saturated carbocycles. The molecule has 1 N–H and O–H groups in total. The molecule has 0 amide bonds. The van der Waals surface area contributed by atoms with Crippen LogP contribution in [0.15, 0.2) is 47.4 Å². The number of hydrogen-bond acceptors (Lipinski definition) is 3. The van der Waals surface area contributed by atoms with Gasteiger partial charge in [0.2, 0.25) is 0 Å². The molecule has 0 bridgehead atoms. The van der Waals surface area contributed by atoms with E-state index in [9.17, 15) is 13.2 Å². The molecule has 2 aromatic rings. The fourth-order valence-electron chi connectivity index (χ4n) is 3.24. The number of nitrogens with zero attached hydrogens (tertiary/aromatic N) is 1. The first-order valence-corrected chi connectivity index (χ1v) is 9.96. The Morgan fingerprint density at radius 2 is 1.73 bits per heavy atom. The predicted octanol–water partition coefficient (Wildman–Crippen LogP) is 5.08. The summed E-state index contributed by atoms with van der Waals surface area (Å²) in [7, 11) is 0. The van der Waals surface area contributed by atoms with Gasteiger partial charge < -0.3 is 5.32 Å². The van der Waals surface area contributed by atoms with Crippen LogP contribution in [-0.4, -0.2) is 37.3 Å². The Hall–Kier alpha value is -1.21. The molecule has 0 radical (unpaired) electrons. The molecule has 1 aliphatic heterocycles. The van der Waals surface area contributed by atoms with Gasteiger partial charge in [-0.15, -0.1) is 11.8 Å². The Labute approximate surface area is 160 Å². The van der Waals surface area contributed by atoms with Gasteiger partial charge in [0.05, 0.1) is 11.6 Å². The topological polar surface area (TPSA) is 15.3 Å². The summed E-state index contributed by atoms with van der Waals surface area (Å²) >= 11 is 7.99. The summed E-state index contributed by atoms with van der Waals surface area (Å²) in [4.78, 5) is 3.30. The van der Waals surface area contributed by atoms with Crippen LogP contribution in [0.2, 0.25) is 5.02 Å². The van der Waals surface area contributed by atoms with Crippen molar-refractivity contribution in [3.8, 4) is 0 Å². The molecule has 1 aliphatic rings. The molecule has 26 heavy (non-hydrogen) atoms. The number of benzene rings is 2. The molecule has 1 unspecified atom stereocenters. The van der Waals surface area contributed by atoms with Crippen LogP contribution in [-0.2, 0) is 6.18 Å². The van der Waals surface area contributed by atoms with Crippen molar-refractivity contribution in [2.45, 2.75) is 17.1 Å². The molecule has 1 fully saturated rings. The number of hydrogen-bond donors (Lipinski definition) is 1. The quantitative estimate of drug-likeness (QED) is 0.721. The maximum atomic E-state index is 13.2. The van der Waals surface area contributed by atoms with Gasteiger partial charge in [0.15, 0.2) is 0 Å². The van der Waals surface area contributed by atoms with E-state index in [0.29, 0.717) is 10.6 Å². The largest absolute Gasteiger partial charge is 0.416 e. The van der Waals surface area contributed by atoms with E-state index < -0.39 is 11.7 Å². The highest BCUT2D eigenvalue weighted by Crippen LogP contribution is 2.38. The van der Waals surface area contributed by atoms with Crippen LogP contribution in [0.3, 0.4) is 0 Å². The Morgan fingerprint density at radius 1 is 1.08 bits per heavy atom. The fraction of sp³-hybridized carbons (Fsp3) is 0.368. The third-order valence-corrected chi connectivity index (χ3v) is 5.65. The Bertz CT molecular complexity index is 743. The average Bonchev–Trinajstić information content (AvgIpc) is 2.64. The molecule has 2 nitrogen and oxygen atoms in total. The van der Waals surface area contributed by atoms with Crippen LogP contribution in [0, 0.1) is 0 Å². The summed E-state index contributed by atoms with van der Waals surface area (Å²) in [6, 6.07) is 11.2. The number of thioether (sulfide) groups is 1. The molecule has 1 atom stereocenters. The van der Waals surface area contributed by atoms with Gasteiger partial charge in [0, 0.05) is 36.1 Å². The van der Waals surface area contributed by atoms with Gasteiger partial charge in [-0.2, -0.15) is 13.2 Å². The predicted molar refractivity (Wildman–Crippen MR) is 101 cm³/mol. The normalized spacial score (nSPS) is 17.3. The van der Waals surface area contributed by atoms with E-state index in [0.717, 1.165) is 42.7 Å². The van der Waals surface area contributed by atoms with Gasteiger partial charge in [-0.3, -0.25) is 4.90 Å². The Balaban J connectivity index is 2.07. The van der Waals surface area contributed by atoms with Gasteiger partial charge in [0.25, 0.3) is 0 Å². The molecule has 140 valence electrons. The Morgan fingerprint density at radius 3 is 2.31 bits per heavy atom. The molecule has 0 aromatic heterocycles. The molecular formula is C19H20ClF3N2S. The number of alkyl halides is 3. The van der Waals surface area contributed by atoms with Crippen molar-refractivity contribution in [2.24, 2.45) is 0 Å². The number of halogens is 4. The molecule has 0 spiro atoms. The molecule has 1 heterocycles. The highest BCUT2D eigenvalue weighted by molar-refractivity contribution is 7.98. The smallest absolute Gasteiger partial charge is 0.314 e. The minimum atomic E-state index is -4.39. The van der Waals surface area contributed by atoms with Crippen molar-refractivity contribution in [1.82, 2.24) is 10.2 Å². The number of piperazine rings is 1. The fourth-order valence-corrected chi connectivity index (χ4v) is 3.87. The maximum absolute atomic E-state index is 13.2. The zero-order valence-corrected chi connectivity index (χ0v) is 15.9. The third-order valence-electron chi connectivity index (χ3n) is 4.57. The first-order valence-electron chi connectivity index (χ1n) is 8.35. The highest BCUT2D eigenvalue weighted by atomic mass is 35.5. The molecular weight excluding hydrogens is 381 g/mol. The lowest BCUT2D eigenvalue weighted by molar-refractivity contribution is -0.137. The zero-order chi connectivity index (χ0) is 18.7. The van der Waals surface area contributed by atoms with Crippen molar-refractivity contribution < 1.29 is 13.2 Å². The summed E-state index contributed by atoms with van der Waals surface area (Å²) in [6.07, 6.45) is -2.40. The van der Waals surface area contributed by atoms with E-state index >= 15 is 0 Å². The minimum absolute atomic E-state index is 0.303. The van der Waals surface area contributed by atoms with Gasteiger partial charge in [-0.25, -0.2) is 0 Å². The van der Waals surface area contributed by atoms with Crippen LogP contribution in [0.25, 0.3) is 0 Å².